The van der Waals surface area contributed by atoms with Crippen LogP contribution in [0.3, 0.4) is 0 Å². The van der Waals surface area contributed by atoms with E-state index < -0.39 is 0 Å². The molecule has 1 amide bonds. The number of nitrogens with one attached hydrogen (secondary N) is 2. The Balaban J connectivity index is 0.00000208. The van der Waals surface area contributed by atoms with E-state index in [0.29, 0.717) is 6.54 Å². The SMILES string of the molecule is Cc1c(Cl)cccc1CNC(=O)[C@H]1CC[C@H](c2ccccc2)N1.Cl. The normalized spacial score (nSPS) is 19.6. The highest BCUT2D eigenvalue weighted by Crippen LogP contribution is 2.26. The lowest BCUT2D eigenvalue weighted by Crippen LogP contribution is -2.40. The third-order valence-corrected chi connectivity index (χ3v) is 4.91. The molecule has 0 bridgehead atoms. The van der Waals surface area contributed by atoms with Crippen LogP contribution < -0.4 is 10.6 Å². The van der Waals surface area contributed by atoms with E-state index in [1.165, 1.54) is 5.56 Å². The average molecular weight is 365 g/mol. The Kier molecular flexibility index (Phi) is 6.67. The van der Waals surface area contributed by atoms with Crippen molar-refractivity contribution in [1.82, 2.24) is 10.6 Å². The van der Waals surface area contributed by atoms with Crippen molar-refractivity contribution in [2.75, 3.05) is 0 Å². The summed E-state index contributed by atoms with van der Waals surface area (Å²) in [7, 11) is 0. The maximum absolute atomic E-state index is 12.4. The molecule has 2 aromatic carbocycles. The summed E-state index contributed by atoms with van der Waals surface area (Å²) in [4.78, 5) is 12.4. The first-order valence-electron chi connectivity index (χ1n) is 7.98. The van der Waals surface area contributed by atoms with Gasteiger partial charge in [-0.1, -0.05) is 54.1 Å². The van der Waals surface area contributed by atoms with Gasteiger partial charge in [-0.3, -0.25) is 10.1 Å². The molecular weight excluding hydrogens is 343 g/mol. The first kappa shape index (κ1) is 18.8. The first-order valence-corrected chi connectivity index (χ1v) is 8.35. The fourth-order valence-electron chi connectivity index (χ4n) is 3.05. The Hall–Kier alpha value is -1.55. The van der Waals surface area contributed by atoms with Crippen LogP contribution in [0.5, 0.6) is 0 Å². The highest BCUT2D eigenvalue weighted by Gasteiger charge is 2.29. The van der Waals surface area contributed by atoms with Gasteiger partial charge in [0.25, 0.3) is 0 Å². The molecule has 1 heterocycles. The van der Waals surface area contributed by atoms with Gasteiger partial charge in [-0.25, -0.2) is 0 Å². The molecule has 0 aliphatic carbocycles. The summed E-state index contributed by atoms with van der Waals surface area (Å²) in [6.07, 6.45) is 1.85. The van der Waals surface area contributed by atoms with Crippen molar-refractivity contribution < 1.29 is 4.79 Å². The molecule has 2 atom stereocenters. The average Bonchev–Trinajstić information content (AvgIpc) is 3.07. The van der Waals surface area contributed by atoms with Gasteiger partial charge in [-0.15, -0.1) is 12.4 Å². The molecule has 0 saturated carbocycles. The molecule has 2 aromatic rings. The maximum Gasteiger partial charge on any atom is 0.237 e. The summed E-state index contributed by atoms with van der Waals surface area (Å²) in [5.74, 6) is 0.0582. The Bertz CT molecular complexity index is 691. The molecule has 1 aliphatic rings. The van der Waals surface area contributed by atoms with Crippen molar-refractivity contribution in [2.24, 2.45) is 0 Å². The van der Waals surface area contributed by atoms with Crippen molar-refractivity contribution in [3.63, 3.8) is 0 Å². The summed E-state index contributed by atoms with van der Waals surface area (Å²) < 4.78 is 0. The Morgan fingerprint density at radius 2 is 1.92 bits per heavy atom. The van der Waals surface area contributed by atoms with E-state index in [9.17, 15) is 4.79 Å². The van der Waals surface area contributed by atoms with Gasteiger partial charge in [-0.05, 0) is 42.5 Å². The van der Waals surface area contributed by atoms with Crippen LogP contribution in [0, 0.1) is 6.92 Å². The van der Waals surface area contributed by atoms with Crippen LogP contribution in [-0.2, 0) is 11.3 Å². The van der Waals surface area contributed by atoms with Gasteiger partial charge in [0.1, 0.15) is 0 Å². The van der Waals surface area contributed by atoms with Crippen molar-refractivity contribution >= 4 is 29.9 Å². The molecule has 1 saturated heterocycles. The number of hydrogen-bond acceptors (Lipinski definition) is 2. The second-order valence-electron chi connectivity index (χ2n) is 6.00. The van der Waals surface area contributed by atoms with Gasteiger partial charge in [0, 0.05) is 17.6 Å². The van der Waals surface area contributed by atoms with Crippen molar-refractivity contribution in [3.05, 3.63) is 70.2 Å². The molecular formula is C19H22Cl2N2O. The number of halogens is 2. The lowest BCUT2D eigenvalue weighted by atomic mass is 10.1. The van der Waals surface area contributed by atoms with E-state index in [1.807, 2.05) is 43.3 Å². The predicted molar refractivity (Wildman–Crippen MR) is 101 cm³/mol. The van der Waals surface area contributed by atoms with Gasteiger partial charge >= 0.3 is 0 Å². The van der Waals surface area contributed by atoms with Gasteiger partial charge in [0.05, 0.1) is 6.04 Å². The summed E-state index contributed by atoms with van der Waals surface area (Å²) >= 11 is 6.12. The molecule has 5 heteroatoms. The zero-order valence-corrected chi connectivity index (χ0v) is 15.2. The van der Waals surface area contributed by atoms with E-state index in [1.54, 1.807) is 0 Å². The molecule has 0 spiro atoms. The zero-order chi connectivity index (χ0) is 16.2. The Morgan fingerprint density at radius 1 is 1.17 bits per heavy atom. The molecule has 0 radical (unpaired) electrons. The van der Waals surface area contributed by atoms with Crippen LogP contribution in [0.4, 0.5) is 0 Å². The van der Waals surface area contributed by atoms with Crippen molar-refractivity contribution in [2.45, 2.75) is 38.4 Å². The van der Waals surface area contributed by atoms with Crippen LogP contribution in [0.1, 0.15) is 35.6 Å². The molecule has 3 nitrogen and oxygen atoms in total. The van der Waals surface area contributed by atoms with Crippen molar-refractivity contribution in [3.8, 4) is 0 Å². The molecule has 3 rings (SSSR count). The quantitative estimate of drug-likeness (QED) is 0.854. The molecule has 2 N–H and O–H groups in total. The lowest BCUT2D eigenvalue weighted by Gasteiger charge is -2.15. The Labute approximate surface area is 154 Å². The molecule has 128 valence electrons. The lowest BCUT2D eigenvalue weighted by molar-refractivity contribution is -0.123. The van der Waals surface area contributed by atoms with Crippen LogP contribution in [0.25, 0.3) is 0 Å². The van der Waals surface area contributed by atoms with Crippen LogP contribution >= 0.6 is 24.0 Å². The van der Waals surface area contributed by atoms with E-state index in [2.05, 4.69) is 22.8 Å². The molecule has 1 fully saturated rings. The summed E-state index contributed by atoms with van der Waals surface area (Å²) in [5.41, 5.74) is 3.33. The monoisotopic (exact) mass is 364 g/mol. The maximum atomic E-state index is 12.4. The number of amides is 1. The molecule has 0 aromatic heterocycles. The minimum Gasteiger partial charge on any atom is -0.351 e. The molecule has 0 unspecified atom stereocenters. The van der Waals surface area contributed by atoms with E-state index in [-0.39, 0.29) is 30.4 Å². The number of carbonyl (C=O) groups is 1. The highest BCUT2D eigenvalue weighted by molar-refractivity contribution is 6.31. The number of rotatable bonds is 4. The fourth-order valence-corrected chi connectivity index (χ4v) is 3.24. The van der Waals surface area contributed by atoms with Gasteiger partial charge < -0.3 is 5.32 Å². The minimum absolute atomic E-state index is 0. The Morgan fingerprint density at radius 3 is 2.67 bits per heavy atom. The summed E-state index contributed by atoms with van der Waals surface area (Å²) in [6, 6.07) is 16.2. The van der Waals surface area contributed by atoms with Gasteiger partial charge in [0.2, 0.25) is 5.91 Å². The minimum atomic E-state index is -0.125. The van der Waals surface area contributed by atoms with Crippen LogP contribution in [0.15, 0.2) is 48.5 Å². The second kappa shape index (κ2) is 8.52. The molecule has 24 heavy (non-hydrogen) atoms. The largest absolute Gasteiger partial charge is 0.351 e. The topological polar surface area (TPSA) is 41.1 Å². The summed E-state index contributed by atoms with van der Waals surface area (Å²) in [6.45, 7) is 2.49. The van der Waals surface area contributed by atoms with Crippen molar-refractivity contribution in [1.29, 1.82) is 0 Å². The number of hydrogen-bond donors (Lipinski definition) is 2. The number of benzene rings is 2. The van der Waals surface area contributed by atoms with Crippen LogP contribution in [-0.4, -0.2) is 11.9 Å². The third-order valence-electron chi connectivity index (χ3n) is 4.50. The van der Waals surface area contributed by atoms with Gasteiger partial charge in [-0.2, -0.15) is 0 Å². The van der Waals surface area contributed by atoms with E-state index in [0.717, 1.165) is 29.0 Å². The van der Waals surface area contributed by atoms with Gasteiger partial charge in [0.15, 0.2) is 0 Å². The smallest absolute Gasteiger partial charge is 0.237 e. The standard InChI is InChI=1S/C19H21ClN2O.ClH/c1-13-15(8-5-9-16(13)20)12-21-19(23)18-11-10-17(22-18)14-6-3-2-4-7-14;/h2-9,17-18,22H,10-12H2,1H3,(H,21,23);1H/t17-,18-;/m1./s1. The molecule has 1 aliphatic heterocycles. The van der Waals surface area contributed by atoms with E-state index in [4.69, 9.17) is 11.6 Å². The third kappa shape index (κ3) is 4.29. The van der Waals surface area contributed by atoms with Crippen LogP contribution in [0.2, 0.25) is 5.02 Å². The second-order valence-corrected chi connectivity index (χ2v) is 6.41. The zero-order valence-electron chi connectivity index (χ0n) is 13.6. The summed E-state index contributed by atoms with van der Waals surface area (Å²) in [5, 5.41) is 7.19. The highest BCUT2D eigenvalue weighted by atomic mass is 35.5. The van der Waals surface area contributed by atoms with E-state index >= 15 is 0 Å². The first-order chi connectivity index (χ1) is 11.1. The number of carbonyl (C=O) groups excluding carboxylic acids is 1. The fraction of sp³-hybridized carbons (Fsp3) is 0.316. The predicted octanol–water partition coefficient (Wildman–Crippen LogP) is 4.18.